The van der Waals surface area contributed by atoms with E-state index in [1.807, 2.05) is 0 Å². The minimum absolute atomic E-state index is 0.103. The van der Waals surface area contributed by atoms with E-state index in [-0.39, 0.29) is 10.7 Å². The lowest BCUT2D eigenvalue weighted by Gasteiger charge is -2.18. The summed E-state index contributed by atoms with van der Waals surface area (Å²) in [7, 11) is -3.18. The summed E-state index contributed by atoms with van der Waals surface area (Å²) in [6, 6.07) is 0. The summed E-state index contributed by atoms with van der Waals surface area (Å²) in [5, 5.41) is 3.09. The Labute approximate surface area is 129 Å². The molecule has 0 atom stereocenters. The molecule has 0 saturated carbocycles. The first-order valence-electron chi connectivity index (χ1n) is 6.48. The van der Waals surface area contributed by atoms with Crippen molar-refractivity contribution in [3.8, 4) is 0 Å². The number of halogens is 1. The van der Waals surface area contributed by atoms with E-state index in [0.717, 1.165) is 0 Å². The van der Waals surface area contributed by atoms with Gasteiger partial charge in [-0.3, -0.25) is 4.79 Å². The molecule has 0 fully saturated rings. The topological polar surface area (TPSA) is 92.3 Å². The second kappa shape index (κ2) is 7.67. The molecule has 0 aliphatic heterocycles. The molecule has 21 heavy (non-hydrogen) atoms. The molecule has 7 nitrogen and oxygen atoms in total. The highest BCUT2D eigenvalue weighted by Crippen LogP contribution is 2.18. The van der Waals surface area contributed by atoms with E-state index in [2.05, 4.69) is 15.3 Å². The Morgan fingerprint density at radius 2 is 2.05 bits per heavy atom. The third-order valence-electron chi connectivity index (χ3n) is 2.83. The van der Waals surface area contributed by atoms with Crippen molar-refractivity contribution in [2.75, 3.05) is 31.2 Å². The van der Waals surface area contributed by atoms with Gasteiger partial charge in [0.05, 0.1) is 11.8 Å². The second-order valence-corrected chi connectivity index (χ2v) is 6.82. The van der Waals surface area contributed by atoms with Crippen LogP contribution in [0.25, 0.3) is 0 Å². The standard InChI is InChI=1S/C12H19ClN4O3S/c1-4-17(21(3,19)20)7-5-6-14-12-10(8-18)11(13)15-9(2)16-12/h8H,4-7H2,1-3H3,(H,14,15,16). The number of sulfonamides is 1. The van der Waals surface area contributed by atoms with Gasteiger partial charge in [-0.25, -0.2) is 22.7 Å². The summed E-state index contributed by atoms with van der Waals surface area (Å²) in [5.74, 6) is 0.823. The van der Waals surface area contributed by atoms with Crippen LogP contribution in [0.3, 0.4) is 0 Å². The number of carbonyl (C=O) groups is 1. The van der Waals surface area contributed by atoms with Gasteiger partial charge in [-0.2, -0.15) is 0 Å². The summed E-state index contributed by atoms with van der Waals surface area (Å²) in [6.45, 7) is 4.76. The number of carbonyl (C=O) groups excluding carboxylic acids is 1. The molecule has 0 spiro atoms. The third kappa shape index (κ3) is 5.22. The van der Waals surface area contributed by atoms with E-state index in [9.17, 15) is 13.2 Å². The van der Waals surface area contributed by atoms with Gasteiger partial charge in [0.1, 0.15) is 16.8 Å². The zero-order valence-corrected chi connectivity index (χ0v) is 13.8. The monoisotopic (exact) mass is 334 g/mol. The molecular weight excluding hydrogens is 316 g/mol. The normalized spacial score (nSPS) is 11.7. The Bertz CT molecular complexity index is 607. The maximum absolute atomic E-state index is 11.4. The Kier molecular flexibility index (Phi) is 6.50. The van der Waals surface area contributed by atoms with Crippen LogP contribution >= 0.6 is 11.6 Å². The van der Waals surface area contributed by atoms with Crippen LogP contribution in [0.1, 0.15) is 29.5 Å². The molecule has 1 heterocycles. The van der Waals surface area contributed by atoms with Crippen LogP contribution in [0.5, 0.6) is 0 Å². The summed E-state index contributed by atoms with van der Waals surface area (Å²) < 4.78 is 24.3. The number of hydrogen-bond acceptors (Lipinski definition) is 6. The number of hydrogen-bond donors (Lipinski definition) is 1. The third-order valence-corrected chi connectivity index (χ3v) is 4.49. The highest BCUT2D eigenvalue weighted by Gasteiger charge is 2.14. The van der Waals surface area contributed by atoms with Crippen molar-refractivity contribution in [1.29, 1.82) is 0 Å². The highest BCUT2D eigenvalue weighted by molar-refractivity contribution is 7.88. The largest absolute Gasteiger partial charge is 0.369 e. The van der Waals surface area contributed by atoms with Gasteiger partial charge in [-0.05, 0) is 13.3 Å². The number of aldehydes is 1. The van der Waals surface area contributed by atoms with Crippen LogP contribution in [0.15, 0.2) is 0 Å². The first-order valence-corrected chi connectivity index (χ1v) is 8.70. The van der Waals surface area contributed by atoms with Crippen LogP contribution in [0.2, 0.25) is 5.15 Å². The molecule has 1 rings (SSSR count). The Morgan fingerprint density at radius 1 is 1.38 bits per heavy atom. The number of aromatic nitrogens is 2. The number of nitrogens with one attached hydrogen (secondary N) is 1. The van der Waals surface area contributed by atoms with Gasteiger partial charge in [-0.15, -0.1) is 0 Å². The number of anilines is 1. The molecule has 1 aromatic rings. The molecule has 118 valence electrons. The van der Waals surface area contributed by atoms with Gasteiger partial charge in [0.2, 0.25) is 10.0 Å². The van der Waals surface area contributed by atoms with E-state index in [4.69, 9.17) is 11.6 Å². The van der Waals surface area contributed by atoms with Crippen molar-refractivity contribution in [3.63, 3.8) is 0 Å². The molecule has 0 aliphatic rings. The van der Waals surface area contributed by atoms with Crippen LogP contribution < -0.4 is 5.32 Å². The lowest BCUT2D eigenvalue weighted by Crippen LogP contribution is -2.31. The molecule has 1 N–H and O–H groups in total. The van der Waals surface area contributed by atoms with Crippen molar-refractivity contribution in [2.45, 2.75) is 20.3 Å². The fraction of sp³-hybridized carbons (Fsp3) is 0.583. The van der Waals surface area contributed by atoms with Crippen molar-refractivity contribution < 1.29 is 13.2 Å². The quantitative estimate of drug-likeness (QED) is 0.438. The molecule has 9 heteroatoms. The van der Waals surface area contributed by atoms with Crippen molar-refractivity contribution >= 4 is 33.7 Å². The predicted octanol–water partition coefficient (Wildman–Crippen LogP) is 1.33. The molecule has 0 aromatic carbocycles. The molecular formula is C12H19ClN4O3S. The Hall–Kier alpha value is -1.25. The summed E-state index contributed by atoms with van der Waals surface area (Å²) in [6.07, 6.45) is 2.36. The predicted molar refractivity (Wildman–Crippen MR) is 82.4 cm³/mol. The average molecular weight is 335 g/mol. The molecule has 0 bridgehead atoms. The fourth-order valence-electron chi connectivity index (χ4n) is 1.81. The van der Waals surface area contributed by atoms with E-state index in [0.29, 0.717) is 44.0 Å². The van der Waals surface area contributed by atoms with Gasteiger partial charge < -0.3 is 5.32 Å². The molecule has 0 saturated heterocycles. The lowest BCUT2D eigenvalue weighted by atomic mass is 10.3. The van der Waals surface area contributed by atoms with E-state index < -0.39 is 10.0 Å². The summed E-state index contributed by atoms with van der Waals surface area (Å²) in [5.41, 5.74) is 0.206. The van der Waals surface area contributed by atoms with E-state index in [1.165, 1.54) is 10.6 Å². The number of rotatable bonds is 8. The Morgan fingerprint density at radius 3 is 2.57 bits per heavy atom. The summed E-state index contributed by atoms with van der Waals surface area (Å²) in [4.78, 5) is 19.0. The van der Waals surface area contributed by atoms with Crippen LogP contribution in [-0.2, 0) is 10.0 Å². The lowest BCUT2D eigenvalue weighted by molar-refractivity contribution is 0.112. The molecule has 0 radical (unpaired) electrons. The molecule has 1 aromatic heterocycles. The summed E-state index contributed by atoms with van der Waals surface area (Å²) >= 11 is 5.87. The Balaban J connectivity index is 2.63. The van der Waals surface area contributed by atoms with Gasteiger partial charge in [0, 0.05) is 19.6 Å². The second-order valence-electron chi connectivity index (χ2n) is 4.48. The van der Waals surface area contributed by atoms with Crippen molar-refractivity contribution in [2.24, 2.45) is 0 Å². The minimum atomic E-state index is -3.18. The molecule has 0 amide bonds. The first kappa shape index (κ1) is 17.8. The zero-order valence-electron chi connectivity index (χ0n) is 12.3. The van der Waals surface area contributed by atoms with Gasteiger partial charge in [0.15, 0.2) is 6.29 Å². The van der Waals surface area contributed by atoms with Crippen LogP contribution in [-0.4, -0.2) is 54.9 Å². The fourth-order valence-corrected chi connectivity index (χ4v) is 2.99. The number of aryl methyl sites for hydroxylation is 1. The molecule has 0 aliphatic carbocycles. The van der Waals surface area contributed by atoms with E-state index in [1.54, 1.807) is 13.8 Å². The van der Waals surface area contributed by atoms with Gasteiger partial charge in [-0.1, -0.05) is 18.5 Å². The maximum Gasteiger partial charge on any atom is 0.211 e. The van der Waals surface area contributed by atoms with Crippen LogP contribution in [0.4, 0.5) is 5.82 Å². The van der Waals surface area contributed by atoms with Crippen molar-refractivity contribution in [1.82, 2.24) is 14.3 Å². The molecule has 0 unspecified atom stereocenters. The minimum Gasteiger partial charge on any atom is -0.369 e. The first-order chi connectivity index (χ1) is 9.79. The zero-order chi connectivity index (χ0) is 16.0. The SMILES string of the molecule is CCN(CCCNc1nc(C)nc(Cl)c1C=O)S(C)(=O)=O. The van der Waals surface area contributed by atoms with Gasteiger partial charge in [0.25, 0.3) is 0 Å². The van der Waals surface area contributed by atoms with Crippen molar-refractivity contribution in [3.05, 3.63) is 16.5 Å². The number of nitrogens with zero attached hydrogens (tertiary/aromatic N) is 3. The maximum atomic E-state index is 11.4. The smallest absolute Gasteiger partial charge is 0.211 e. The highest BCUT2D eigenvalue weighted by atomic mass is 35.5. The average Bonchev–Trinajstić information content (AvgIpc) is 2.36. The van der Waals surface area contributed by atoms with E-state index >= 15 is 0 Å². The van der Waals surface area contributed by atoms with Crippen LogP contribution in [0, 0.1) is 6.92 Å². The van der Waals surface area contributed by atoms with Gasteiger partial charge >= 0.3 is 0 Å².